The normalized spacial score (nSPS) is 22.3. The topological polar surface area (TPSA) is 3.24 Å². The van der Waals surface area contributed by atoms with E-state index in [1.165, 1.54) is 25.0 Å². The van der Waals surface area contributed by atoms with Crippen molar-refractivity contribution in [1.29, 1.82) is 0 Å². The lowest BCUT2D eigenvalue weighted by molar-refractivity contribution is 0.387. The van der Waals surface area contributed by atoms with Crippen molar-refractivity contribution in [3.63, 3.8) is 0 Å². The Hall–Kier alpha value is -0.570. The molecule has 1 saturated heterocycles. The van der Waals surface area contributed by atoms with E-state index in [2.05, 4.69) is 20.8 Å². The van der Waals surface area contributed by atoms with E-state index in [0.717, 1.165) is 23.2 Å². The van der Waals surface area contributed by atoms with E-state index >= 15 is 0 Å². The zero-order chi connectivity index (χ0) is 9.76. The van der Waals surface area contributed by atoms with Crippen molar-refractivity contribution < 1.29 is 4.39 Å². The lowest BCUT2D eigenvalue weighted by Crippen LogP contribution is -2.48. The molecule has 1 aliphatic carbocycles. The minimum Gasteiger partial charge on any atom is -0.369 e. The number of anilines is 1. The zero-order valence-electron chi connectivity index (χ0n) is 7.76. The second kappa shape index (κ2) is 2.72. The highest BCUT2D eigenvalue weighted by Crippen LogP contribution is 2.54. The average Bonchev–Trinajstić information content (AvgIpc) is 2.81. The molecule has 0 amide bonds. The van der Waals surface area contributed by atoms with Crippen molar-refractivity contribution in [2.45, 2.75) is 12.8 Å². The van der Waals surface area contributed by atoms with Crippen LogP contribution < -0.4 is 4.90 Å². The Bertz CT molecular complexity index is 379. The molecule has 1 spiro atoms. The van der Waals surface area contributed by atoms with E-state index in [9.17, 15) is 4.39 Å². The summed E-state index contributed by atoms with van der Waals surface area (Å²) >= 11 is 3.40. The molecule has 74 valence electrons. The van der Waals surface area contributed by atoms with Crippen LogP contribution in [0.3, 0.4) is 0 Å². The van der Waals surface area contributed by atoms with Gasteiger partial charge < -0.3 is 4.90 Å². The van der Waals surface area contributed by atoms with Crippen LogP contribution in [-0.2, 0) is 0 Å². The molecule has 0 bridgehead atoms. The van der Waals surface area contributed by atoms with Gasteiger partial charge >= 0.3 is 0 Å². The molecule has 2 aliphatic rings. The highest BCUT2D eigenvalue weighted by Gasteiger charge is 2.52. The molecule has 1 saturated carbocycles. The summed E-state index contributed by atoms with van der Waals surface area (Å²) in [6.45, 7) is 2.30. The number of nitrogens with zero attached hydrogens (tertiary/aromatic N) is 1. The van der Waals surface area contributed by atoms with Gasteiger partial charge in [0.2, 0.25) is 0 Å². The maximum Gasteiger partial charge on any atom is 0.124 e. The molecule has 1 aromatic rings. The summed E-state index contributed by atoms with van der Waals surface area (Å²) in [5, 5.41) is 0. The molecule has 1 heterocycles. The molecule has 0 N–H and O–H groups in total. The van der Waals surface area contributed by atoms with Crippen LogP contribution in [0.2, 0.25) is 0 Å². The maximum absolute atomic E-state index is 12.8. The van der Waals surface area contributed by atoms with Crippen LogP contribution in [0.25, 0.3) is 0 Å². The average molecular weight is 256 g/mol. The van der Waals surface area contributed by atoms with Crippen LogP contribution in [0, 0.1) is 11.2 Å². The molecule has 3 rings (SSSR count). The number of hydrogen-bond donors (Lipinski definition) is 0. The first kappa shape index (κ1) is 8.72. The van der Waals surface area contributed by atoms with Gasteiger partial charge in [-0.2, -0.15) is 0 Å². The summed E-state index contributed by atoms with van der Waals surface area (Å²) in [5.41, 5.74) is 1.78. The van der Waals surface area contributed by atoms with E-state index in [-0.39, 0.29) is 5.82 Å². The van der Waals surface area contributed by atoms with Crippen LogP contribution in [-0.4, -0.2) is 13.1 Å². The van der Waals surface area contributed by atoms with Gasteiger partial charge in [0.05, 0.1) is 5.69 Å². The van der Waals surface area contributed by atoms with Crippen LogP contribution in [0.15, 0.2) is 22.7 Å². The lowest BCUT2D eigenvalue weighted by atomic mass is 9.96. The van der Waals surface area contributed by atoms with Gasteiger partial charge in [-0.05, 0) is 47.0 Å². The Morgan fingerprint density at radius 1 is 1.29 bits per heavy atom. The fraction of sp³-hybridized carbons (Fsp3) is 0.455. The van der Waals surface area contributed by atoms with Crippen molar-refractivity contribution in [2.24, 2.45) is 5.41 Å². The molecule has 1 aromatic carbocycles. The van der Waals surface area contributed by atoms with Gasteiger partial charge in [-0.15, -0.1) is 0 Å². The van der Waals surface area contributed by atoms with E-state index < -0.39 is 0 Å². The van der Waals surface area contributed by atoms with E-state index in [1.54, 1.807) is 0 Å². The Kier molecular flexibility index (Phi) is 1.69. The lowest BCUT2D eigenvalue weighted by Gasteiger charge is -2.42. The summed E-state index contributed by atoms with van der Waals surface area (Å²) in [4.78, 5) is 2.32. The SMILES string of the molecule is Fc1ccc(N2CC3(CC3)C2)c(Br)c1. The number of benzene rings is 1. The second-order valence-corrected chi connectivity index (χ2v) is 5.31. The molecule has 2 fully saturated rings. The minimum absolute atomic E-state index is 0.178. The largest absolute Gasteiger partial charge is 0.369 e. The van der Waals surface area contributed by atoms with Crippen LogP contribution >= 0.6 is 15.9 Å². The molecule has 0 unspecified atom stereocenters. The fourth-order valence-corrected chi connectivity index (χ4v) is 2.77. The highest BCUT2D eigenvalue weighted by molar-refractivity contribution is 9.10. The smallest absolute Gasteiger partial charge is 0.124 e. The predicted octanol–water partition coefficient (Wildman–Crippen LogP) is 3.19. The van der Waals surface area contributed by atoms with Gasteiger partial charge in [0.25, 0.3) is 0 Å². The molecule has 3 heteroatoms. The number of hydrogen-bond acceptors (Lipinski definition) is 1. The maximum atomic E-state index is 12.8. The van der Waals surface area contributed by atoms with Gasteiger partial charge in [-0.25, -0.2) is 4.39 Å². The van der Waals surface area contributed by atoms with Gasteiger partial charge in [0.15, 0.2) is 0 Å². The molecule has 1 aliphatic heterocycles. The Balaban J connectivity index is 1.83. The van der Waals surface area contributed by atoms with Crippen molar-refractivity contribution in [3.05, 3.63) is 28.5 Å². The van der Waals surface area contributed by atoms with Crippen molar-refractivity contribution in [1.82, 2.24) is 0 Å². The quantitative estimate of drug-likeness (QED) is 0.745. The summed E-state index contributed by atoms with van der Waals surface area (Å²) in [7, 11) is 0. The molecule has 0 aromatic heterocycles. The van der Waals surface area contributed by atoms with Crippen LogP contribution in [0.1, 0.15) is 12.8 Å². The van der Waals surface area contributed by atoms with Crippen LogP contribution in [0.4, 0.5) is 10.1 Å². The molecule has 14 heavy (non-hydrogen) atoms. The first-order valence-electron chi connectivity index (χ1n) is 4.89. The summed E-state index contributed by atoms with van der Waals surface area (Å²) in [5.74, 6) is -0.178. The monoisotopic (exact) mass is 255 g/mol. The van der Waals surface area contributed by atoms with Gasteiger partial charge in [-0.1, -0.05) is 0 Å². The van der Waals surface area contributed by atoms with E-state index in [1.807, 2.05) is 6.07 Å². The van der Waals surface area contributed by atoms with Crippen molar-refractivity contribution in [3.8, 4) is 0 Å². The Morgan fingerprint density at radius 3 is 2.57 bits per heavy atom. The minimum atomic E-state index is -0.178. The highest BCUT2D eigenvalue weighted by atomic mass is 79.9. The Morgan fingerprint density at radius 2 is 2.00 bits per heavy atom. The van der Waals surface area contributed by atoms with E-state index in [0.29, 0.717) is 5.41 Å². The van der Waals surface area contributed by atoms with Gasteiger partial charge in [-0.3, -0.25) is 0 Å². The third-order valence-electron chi connectivity index (χ3n) is 3.26. The molecule has 0 atom stereocenters. The van der Waals surface area contributed by atoms with Crippen LogP contribution in [0.5, 0.6) is 0 Å². The molecule has 0 radical (unpaired) electrons. The first-order valence-corrected chi connectivity index (χ1v) is 5.68. The van der Waals surface area contributed by atoms with Crippen molar-refractivity contribution >= 4 is 21.6 Å². The van der Waals surface area contributed by atoms with Gasteiger partial charge in [0.1, 0.15) is 5.82 Å². The number of halogens is 2. The first-order chi connectivity index (χ1) is 6.69. The third-order valence-corrected chi connectivity index (χ3v) is 3.90. The number of rotatable bonds is 1. The Labute approximate surface area is 91.0 Å². The standard InChI is InChI=1S/C11H11BrFN/c12-9-5-8(13)1-2-10(9)14-6-11(7-14)3-4-11/h1-2,5H,3-4,6-7H2. The summed E-state index contributed by atoms with van der Waals surface area (Å²) in [6.07, 6.45) is 2.75. The van der Waals surface area contributed by atoms with E-state index in [4.69, 9.17) is 0 Å². The second-order valence-electron chi connectivity index (χ2n) is 4.45. The summed E-state index contributed by atoms with van der Waals surface area (Å²) < 4.78 is 13.7. The third kappa shape index (κ3) is 1.26. The fourth-order valence-electron chi connectivity index (χ4n) is 2.16. The van der Waals surface area contributed by atoms with Crippen molar-refractivity contribution in [2.75, 3.05) is 18.0 Å². The predicted molar refractivity (Wildman–Crippen MR) is 58.0 cm³/mol. The van der Waals surface area contributed by atoms with Gasteiger partial charge in [0, 0.05) is 23.0 Å². The molecule has 1 nitrogen and oxygen atoms in total. The summed E-state index contributed by atoms with van der Waals surface area (Å²) in [6, 6.07) is 4.92. The zero-order valence-corrected chi connectivity index (χ0v) is 9.35. The molecular weight excluding hydrogens is 245 g/mol. The molecular formula is C11H11BrFN.